The lowest BCUT2D eigenvalue weighted by atomic mass is 10.1. The molecule has 0 saturated heterocycles. The lowest BCUT2D eigenvalue weighted by molar-refractivity contribution is 0.674. The SMILES string of the molecule is CCCNCc1cc(Br)ccc1N(CC)c1ccccc1. The average Bonchev–Trinajstić information content (AvgIpc) is 2.51. The number of rotatable bonds is 7. The van der Waals surface area contributed by atoms with Crippen LogP contribution in [0.15, 0.2) is 53.0 Å². The molecule has 0 saturated carbocycles. The van der Waals surface area contributed by atoms with Crippen LogP contribution in [0.2, 0.25) is 0 Å². The third kappa shape index (κ3) is 4.32. The number of anilines is 2. The molecular weight excluding hydrogens is 324 g/mol. The maximum absolute atomic E-state index is 3.59. The van der Waals surface area contributed by atoms with Gasteiger partial charge in [0.1, 0.15) is 0 Å². The molecule has 2 nitrogen and oxygen atoms in total. The Morgan fingerprint density at radius 1 is 1.05 bits per heavy atom. The molecule has 1 N–H and O–H groups in total. The van der Waals surface area contributed by atoms with Crippen molar-refractivity contribution < 1.29 is 0 Å². The molecule has 0 atom stereocenters. The van der Waals surface area contributed by atoms with E-state index < -0.39 is 0 Å². The minimum Gasteiger partial charge on any atom is -0.342 e. The number of hydrogen-bond acceptors (Lipinski definition) is 2. The third-order valence-electron chi connectivity index (χ3n) is 3.46. The van der Waals surface area contributed by atoms with Gasteiger partial charge in [-0.3, -0.25) is 0 Å². The van der Waals surface area contributed by atoms with Gasteiger partial charge in [0.15, 0.2) is 0 Å². The van der Waals surface area contributed by atoms with E-state index >= 15 is 0 Å². The van der Waals surface area contributed by atoms with Gasteiger partial charge in [0.05, 0.1) is 0 Å². The van der Waals surface area contributed by atoms with E-state index in [0.29, 0.717) is 0 Å². The number of nitrogens with one attached hydrogen (secondary N) is 1. The van der Waals surface area contributed by atoms with E-state index in [0.717, 1.165) is 30.5 Å². The van der Waals surface area contributed by atoms with Crippen LogP contribution in [-0.2, 0) is 6.54 Å². The topological polar surface area (TPSA) is 15.3 Å². The van der Waals surface area contributed by atoms with E-state index in [-0.39, 0.29) is 0 Å². The van der Waals surface area contributed by atoms with Crippen molar-refractivity contribution >= 4 is 27.3 Å². The first-order chi connectivity index (χ1) is 10.3. The molecular formula is C18H23BrN2. The highest BCUT2D eigenvalue weighted by atomic mass is 79.9. The molecule has 3 heteroatoms. The first-order valence-corrected chi connectivity index (χ1v) is 8.37. The molecule has 0 heterocycles. The monoisotopic (exact) mass is 346 g/mol. The highest BCUT2D eigenvalue weighted by molar-refractivity contribution is 9.10. The molecule has 0 aliphatic carbocycles. The number of benzene rings is 2. The van der Waals surface area contributed by atoms with E-state index in [1.54, 1.807) is 0 Å². The van der Waals surface area contributed by atoms with Crippen LogP contribution < -0.4 is 10.2 Å². The summed E-state index contributed by atoms with van der Waals surface area (Å²) in [5.74, 6) is 0. The second-order valence-electron chi connectivity index (χ2n) is 5.03. The molecule has 0 aliphatic heterocycles. The summed E-state index contributed by atoms with van der Waals surface area (Å²) in [5, 5.41) is 3.50. The Hall–Kier alpha value is -1.32. The van der Waals surface area contributed by atoms with Crippen LogP contribution >= 0.6 is 15.9 Å². The fraction of sp³-hybridized carbons (Fsp3) is 0.333. The van der Waals surface area contributed by atoms with Gasteiger partial charge in [-0.2, -0.15) is 0 Å². The van der Waals surface area contributed by atoms with Gasteiger partial charge in [0, 0.05) is 28.9 Å². The predicted molar refractivity (Wildman–Crippen MR) is 95.3 cm³/mol. The highest BCUT2D eigenvalue weighted by Gasteiger charge is 2.11. The fourth-order valence-corrected chi connectivity index (χ4v) is 2.87. The van der Waals surface area contributed by atoms with Gasteiger partial charge < -0.3 is 10.2 Å². The fourth-order valence-electron chi connectivity index (χ4n) is 2.46. The summed E-state index contributed by atoms with van der Waals surface area (Å²) in [4.78, 5) is 2.36. The van der Waals surface area contributed by atoms with Gasteiger partial charge in [-0.05, 0) is 55.8 Å². The van der Waals surface area contributed by atoms with Gasteiger partial charge in [-0.25, -0.2) is 0 Å². The second-order valence-corrected chi connectivity index (χ2v) is 5.95. The number of nitrogens with zero attached hydrogens (tertiary/aromatic N) is 1. The van der Waals surface area contributed by atoms with Crippen molar-refractivity contribution in [3.05, 3.63) is 58.6 Å². The average molecular weight is 347 g/mol. The summed E-state index contributed by atoms with van der Waals surface area (Å²) in [5.41, 5.74) is 3.83. The summed E-state index contributed by atoms with van der Waals surface area (Å²) in [7, 11) is 0. The van der Waals surface area contributed by atoms with Crippen LogP contribution in [0.4, 0.5) is 11.4 Å². The Kier molecular flexibility index (Phi) is 6.27. The smallest absolute Gasteiger partial charge is 0.0457 e. The molecule has 0 aromatic heterocycles. The quantitative estimate of drug-likeness (QED) is 0.701. The van der Waals surface area contributed by atoms with Gasteiger partial charge in [0.25, 0.3) is 0 Å². The largest absolute Gasteiger partial charge is 0.342 e. The summed E-state index contributed by atoms with van der Waals surface area (Å²) in [6.45, 7) is 7.28. The summed E-state index contributed by atoms with van der Waals surface area (Å²) in [6, 6.07) is 17.1. The zero-order chi connectivity index (χ0) is 15.1. The lowest BCUT2D eigenvalue weighted by Crippen LogP contribution is -2.21. The second kappa shape index (κ2) is 8.20. The molecule has 0 spiro atoms. The lowest BCUT2D eigenvalue weighted by Gasteiger charge is -2.26. The van der Waals surface area contributed by atoms with Crippen LogP contribution in [0.3, 0.4) is 0 Å². The molecule has 0 fully saturated rings. The first kappa shape index (κ1) is 16.1. The Morgan fingerprint density at radius 2 is 1.81 bits per heavy atom. The minimum atomic E-state index is 0.895. The molecule has 0 aliphatic rings. The minimum absolute atomic E-state index is 0.895. The number of halogens is 1. The van der Waals surface area contributed by atoms with E-state index in [1.807, 2.05) is 0 Å². The normalized spacial score (nSPS) is 10.6. The summed E-state index contributed by atoms with van der Waals surface area (Å²) >= 11 is 3.59. The highest BCUT2D eigenvalue weighted by Crippen LogP contribution is 2.30. The van der Waals surface area contributed by atoms with Gasteiger partial charge >= 0.3 is 0 Å². The molecule has 112 valence electrons. The maximum Gasteiger partial charge on any atom is 0.0457 e. The predicted octanol–water partition coefficient (Wildman–Crippen LogP) is 5.11. The van der Waals surface area contributed by atoms with E-state index in [2.05, 4.69) is 88.5 Å². The van der Waals surface area contributed by atoms with Gasteiger partial charge in [0.2, 0.25) is 0 Å². The van der Waals surface area contributed by atoms with Crippen LogP contribution in [0, 0.1) is 0 Å². The van der Waals surface area contributed by atoms with Crippen molar-refractivity contribution in [1.82, 2.24) is 5.32 Å². The van der Waals surface area contributed by atoms with Gasteiger partial charge in [-0.15, -0.1) is 0 Å². The number of para-hydroxylation sites is 1. The van der Waals surface area contributed by atoms with Crippen molar-refractivity contribution in [3.8, 4) is 0 Å². The van der Waals surface area contributed by atoms with Crippen molar-refractivity contribution in [2.75, 3.05) is 18.0 Å². The van der Waals surface area contributed by atoms with E-state index in [1.165, 1.54) is 16.9 Å². The van der Waals surface area contributed by atoms with Crippen molar-refractivity contribution in [2.24, 2.45) is 0 Å². The summed E-state index contributed by atoms with van der Waals surface area (Å²) in [6.07, 6.45) is 1.15. The van der Waals surface area contributed by atoms with Crippen LogP contribution in [-0.4, -0.2) is 13.1 Å². The van der Waals surface area contributed by atoms with Gasteiger partial charge in [-0.1, -0.05) is 41.1 Å². The molecule has 2 aromatic carbocycles. The zero-order valence-corrected chi connectivity index (χ0v) is 14.4. The van der Waals surface area contributed by atoms with E-state index in [4.69, 9.17) is 0 Å². The van der Waals surface area contributed by atoms with Crippen LogP contribution in [0.25, 0.3) is 0 Å². The molecule has 0 radical (unpaired) electrons. The Labute approximate surface area is 136 Å². The molecule has 0 amide bonds. The maximum atomic E-state index is 3.59. The van der Waals surface area contributed by atoms with Crippen molar-refractivity contribution in [1.29, 1.82) is 0 Å². The Bertz CT molecular complexity index is 554. The van der Waals surface area contributed by atoms with Crippen molar-refractivity contribution in [2.45, 2.75) is 26.8 Å². The molecule has 2 aromatic rings. The van der Waals surface area contributed by atoms with Crippen LogP contribution in [0.5, 0.6) is 0 Å². The Morgan fingerprint density at radius 3 is 2.48 bits per heavy atom. The van der Waals surface area contributed by atoms with Crippen molar-refractivity contribution in [3.63, 3.8) is 0 Å². The van der Waals surface area contributed by atoms with E-state index in [9.17, 15) is 0 Å². The molecule has 21 heavy (non-hydrogen) atoms. The summed E-state index contributed by atoms with van der Waals surface area (Å²) < 4.78 is 1.13. The Balaban J connectivity index is 2.32. The molecule has 0 bridgehead atoms. The van der Waals surface area contributed by atoms with Crippen LogP contribution in [0.1, 0.15) is 25.8 Å². The third-order valence-corrected chi connectivity index (χ3v) is 3.95. The molecule has 2 rings (SSSR count). The first-order valence-electron chi connectivity index (χ1n) is 7.58. The number of hydrogen-bond donors (Lipinski definition) is 1. The zero-order valence-electron chi connectivity index (χ0n) is 12.8. The standard InChI is InChI=1S/C18H23BrN2/c1-3-12-20-14-15-13-16(19)10-11-18(15)21(4-2)17-8-6-5-7-9-17/h5-11,13,20H,3-4,12,14H2,1-2H3. The molecule has 0 unspecified atom stereocenters.